The zero-order valence-electron chi connectivity index (χ0n) is 19.8. The summed E-state index contributed by atoms with van der Waals surface area (Å²) in [6.45, 7) is 6.02. The number of ether oxygens (including phenoxy) is 1. The number of imidazole rings is 1. The van der Waals surface area contributed by atoms with Gasteiger partial charge in [-0.2, -0.15) is 10.1 Å². The van der Waals surface area contributed by atoms with Crippen LogP contribution in [0.3, 0.4) is 0 Å². The molecule has 2 aromatic carbocycles. The van der Waals surface area contributed by atoms with E-state index < -0.39 is 12.1 Å². The molecule has 4 rings (SSSR count). The normalized spacial score (nSPS) is 11.2. The summed E-state index contributed by atoms with van der Waals surface area (Å²) in [5.41, 5.74) is 13.2. The molecule has 6 N–H and O–H groups in total. The molecule has 12 heteroatoms. The van der Waals surface area contributed by atoms with Gasteiger partial charge >= 0.3 is 12.1 Å². The van der Waals surface area contributed by atoms with Gasteiger partial charge < -0.3 is 21.5 Å². The molecule has 0 aliphatic heterocycles. The number of primary amides is 1. The Bertz CT molecular complexity index is 1400. The molecular weight excluding hydrogens is 467 g/mol. The quantitative estimate of drug-likeness (QED) is 0.328. The molecular formula is C24H25FN8O3. The Kier molecular flexibility index (Phi) is 6.34. The van der Waals surface area contributed by atoms with Gasteiger partial charge in [-0.3, -0.25) is 9.88 Å². The van der Waals surface area contributed by atoms with Crippen LogP contribution in [-0.4, -0.2) is 31.5 Å². The van der Waals surface area contributed by atoms with Crippen molar-refractivity contribution in [1.29, 1.82) is 0 Å². The summed E-state index contributed by atoms with van der Waals surface area (Å²) < 4.78 is 21.2. The van der Waals surface area contributed by atoms with E-state index in [9.17, 15) is 14.0 Å². The highest BCUT2D eigenvalue weighted by molar-refractivity contribution is 5.99. The number of nitrogen functional groups attached to an aromatic ring is 1. The molecule has 0 bridgehead atoms. The Morgan fingerprint density at radius 2 is 1.64 bits per heavy atom. The van der Waals surface area contributed by atoms with Gasteiger partial charge in [0, 0.05) is 22.9 Å². The number of halogens is 1. The van der Waals surface area contributed by atoms with E-state index in [0.29, 0.717) is 22.9 Å². The highest BCUT2D eigenvalue weighted by Crippen LogP contribution is 2.27. The van der Waals surface area contributed by atoms with Gasteiger partial charge in [0.25, 0.3) is 5.88 Å². The first-order valence-corrected chi connectivity index (χ1v) is 10.9. The van der Waals surface area contributed by atoms with E-state index in [4.69, 9.17) is 16.2 Å². The fourth-order valence-electron chi connectivity index (χ4n) is 3.32. The fourth-order valence-corrected chi connectivity index (χ4v) is 3.32. The van der Waals surface area contributed by atoms with Crippen molar-refractivity contribution in [2.75, 3.05) is 16.4 Å². The van der Waals surface area contributed by atoms with Crippen molar-refractivity contribution in [2.24, 2.45) is 5.73 Å². The Hall–Kier alpha value is -4.87. The third kappa shape index (κ3) is 5.27. The first kappa shape index (κ1) is 24.3. The van der Waals surface area contributed by atoms with Gasteiger partial charge in [0.1, 0.15) is 18.0 Å². The predicted molar refractivity (Wildman–Crippen MR) is 133 cm³/mol. The molecule has 0 atom stereocenters. The molecule has 0 fully saturated rings. The lowest BCUT2D eigenvalue weighted by atomic mass is 9.92. The van der Waals surface area contributed by atoms with Crippen LogP contribution in [0.1, 0.15) is 26.5 Å². The predicted octanol–water partition coefficient (Wildman–Crippen LogP) is 4.18. The van der Waals surface area contributed by atoms with Gasteiger partial charge in [-0.1, -0.05) is 20.8 Å². The lowest BCUT2D eigenvalue weighted by Gasteiger charge is -2.14. The maximum absolute atomic E-state index is 13.4. The van der Waals surface area contributed by atoms with Crippen LogP contribution in [0.25, 0.3) is 11.4 Å². The number of amides is 3. The number of hydrogen-bond acceptors (Lipinski definition) is 6. The van der Waals surface area contributed by atoms with E-state index in [1.54, 1.807) is 47.1 Å². The number of nitrogens with zero attached hydrogens (tertiary/aromatic N) is 4. The lowest BCUT2D eigenvalue weighted by Crippen LogP contribution is -2.21. The first-order valence-electron chi connectivity index (χ1n) is 10.9. The summed E-state index contributed by atoms with van der Waals surface area (Å²) >= 11 is 0. The van der Waals surface area contributed by atoms with E-state index in [2.05, 4.69) is 20.7 Å². The number of benzene rings is 2. The number of urea groups is 1. The average Bonchev–Trinajstić information content (AvgIpc) is 3.38. The number of hydrogen-bond donors (Lipinski definition) is 4. The average molecular weight is 493 g/mol. The zero-order chi connectivity index (χ0) is 26.0. The van der Waals surface area contributed by atoms with Gasteiger partial charge in [0.05, 0.1) is 11.4 Å². The number of carbonyl (C=O) groups excluding carboxylic acids is 2. The molecule has 11 nitrogen and oxygen atoms in total. The summed E-state index contributed by atoms with van der Waals surface area (Å²) in [4.78, 5) is 27.6. The standard InChI is InChI=1S/C24H25FN8O3/c1-24(2,3)18-12-19(33(31-18)17-8-4-14(25)5-9-17)30-23(35)29-15-6-10-16(11-7-15)32-13-28-21(20(32)26)36-22(27)34/h4-13H,26H2,1-3H3,(H2,27,34)(H2,29,30,35). The van der Waals surface area contributed by atoms with Crippen LogP contribution in [0.2, 0.25) is 0 Å². The molecule has 0 aliphatic carbocycles. The second-order valence-corrected chi connectivity index (χ2v) is 8.91. The molecule has 186 valence electrons. The van der Waals surface area contributed by atoms with Crippen LogP contribution in [0, 0.1) is 5.82 Å². The molecule has 0 aliphatic rings. The number of nitrogens with two attached hydrogens (primary N) is 2. The molecule has 0 saturated heterocycles. The van der Waals surface area contributed by atoms with Crippen LogP contribution in [0.4, 0.5) is 31.3 Å². The molecule has 36 heavy (non-hydrogen) atoms. The number of rotatable bonds is 5. The molecule has 2 aromatic heterocycles. The third-order valence-corrected chi connectivity index (χ3v) is 5.16. The Labute approximate surface area is 205 Å². The highest BCUT2D eigenvalue weighted by Gasteiger charge is 2.22. The van der Waals surface area contributed by atoms with Gasteiger partial charge in [0.15, 0.2) is 5.82 Å². The third-order valence-electron chi connectivity index (χ3n) is 5.16. The molecule has 3 amide bonds. The van der Waals surface area contributed by atoms with Crippen LogP contribution < -0.4 is 26.8 Å². The maximum atomic E-state index is 13.4. The number of anilines is 3. The smallest absolute Gasteiger partial charge is 0.387 e. The number of carbonyl (C=O) groups is 2. The first-order chi connectivity index (χ1) is 17.0. The van der Waals surface area contributed by atoms with Crippen LogP contribution >= 0.6 is 0 Å². The number of nitrogens with one attached hydrogen (secondary N) is 2. The highest BCUT2D eigenvalue weighted by atomic mass is 19.1. The minimum atomic E-state index is -1.02. The molecule has 4 aromatic rings. The zero-order valence-corrected chi connectivity index (χ0v) is 19.8. The van der Waals surface area contributed by atoms with E-state index in [0.717, 1.165) is 5.69 Å². The second kappa shape index (κ2) is 9.41. The molecule has 0 saturated carbocycles. The fraction of sp³-hybridized carbons (Fsp3) is 0.167. The molecule has 2 heterocycles. The molecule has 0 radical (unpaired) electrons. The van der Waals surface area contributed by atoms with Crippen molar-refractivity contribution < 1.29 is 18.7 Å². The van der Waals surface area contributed by atoms with Crippen LogP contribution in [-0.2, 0) is 5.41 Å². The SMILES string of the molecule is CC(C)(C)c1cc(NC(=O)Nc2ccc(-n3cnc(OC(N)=O)c3N)cc2)n(-c2ccc(F)cc2)n1. The summed E-state index contributed by atoms with van der Waals surface area (Å²) in [5.74, 6) is 0.0490. The minimum Gasteiger partial charge on any atom is -0.387 e. The topological polar surface area (TPSA) is 155 Å². The van der Waals surface area contributed by atoms with Crippen LogP contribution in [0.5, 0.6) is 5.88 Å². The number of aromatic nitrogens is 4. The maximum Gasteiger partial charge on any atom is 0.411 e. The van der Waals surface area contributed by atoms with Gasteiger partial charge in [-0.15, -0.1) is 0 Å². The minimum absolute atomic E-state index is 0.0935. The van der Waals surface area contributed by atoms with Crippen molar-refractivity contribution in [3.8, 4) is 17.3 Å². The monoisotopic (exact) mass is 492 g/mol. The molecule has 0 spiro atoms. The summed E-state index contributed by atoms with van der Waals surface area (Å²) in [7, 11) is 0. The Balaban J connectivity index is 1.51. The van der Waals surface area contributed by atoms with E-state index in [1.165, 1.54) is 23.0 Å². The van der Waals surface area contributed by atoms with E-state index in [1.807, 2.05) is 20.8 Å². The summed E-state index contributed by atoms with van der Waals surface area (Å²) in [6, 6.07) is 13.8. The summed E-state index contributed by atoms with van der Waals surface area (Å²) in [6.07, 6.45) is 0.361. The van der Waals surface area contributed by atoms with Crippen molar-refractivity contribution in [1.82, 2.24) is 19.3 Å². The van der Waals surface area contributed by atoms with Crippen molar-refractivity contribution in [2.45, 2.75) is 26.2 Å². The van der Waals surface area contributed by atoms with Crippen molar-refractivity contribution >= 4 is 29.4 Å². The van der Waals surface area contributed by atoms with Gasteiger partial charge in [0.2, 0.25) is 0 Å². The Morgan fingerprint density at radius 3 is 2.25 bits per heavy atom. The van der Waals surface area contributed by atoms with Gasteiger partial charge in [-0.05, 0) is 48.5 Å². The second-order valence-electron chi connectivity index (χ2n) is 8.91. The largest absolute Gasteiger partial charge is 0.411 e. The van der Waals surface area contributed by atoms with E-state index >= 15 is 0 Å². The van der Waals surface area contributed by atoms with Crippen LogP contribution in [0.15, 0.2) is 60.9 Å². The summed E-state index contributed by atoms with van der Waals surface area (Å²) in [5, 5.41) is 10.2. The van der Waals surface area contributed by atoms with Crippen molar-refractivity contribution in [3.05, 3.63) is 72.4 Å². The Morgan fingerprint density at radius 1 is 1.00 bits per heavy atom. The van der Waals surface area contributed by atoms with Crippen molar-refractivity contribution in [3.63, 3.8) is 0 Å². The van der Waals surface area contributed by atoms with E-state index in [-0.39, 0.29) is 22.9 Å². The van der Waals surface area contributed by atoms with Gasteiger partial charge in [-0.25, -0.2) is 18.7 Å². The molecule has 0 unspecified atom stereocenters. The lowest BCUT2D eigenvalue weighted by molar-refractivity contribution is 0.209.